The molecule has 1 amide bonds. The van der Waals surface area contributed by atoms with Crippen LogP contribution in [0.2, 0.25) is 0 Å². The van der Waals surface area contributed by atoms with Crippen molar-refractivity contribution in [1.29, 1.82) is 0 Å². The summed E-state index contributed by atoms with van der Waals surface area (Å²) in [7, 11) is 1.31. The number of nitrogens with zero attached hydrogens (tertiary/aromatic N) is 2. The highest BCUT2D eigenvalue weighted by atomic mass is 16.6. The summed E-state index contributed by atoms with van der Waals surface area (Å²) in [4.78, 5) is 37.9. The second-order valence-corrected chi connectivity index (χ2v) is 5.49. The molecule has 1 aromatic heterocycles. The van der Waals surface area contributed by atoms with Crippen molar-refractivity contribution in [1.82, 2.24) is 10.3 Å². The predicted octanol–water partition coefficient (Wildman–Crippen LogP) is 1.57. The van der Waals surface area contributed by atoms with E-state index in [1.807, 2.05) is 0 Å². The molecule has 0 spiro atoms. The third-order valence-electron chi connectivity index (χ3n) is 3.61. The van der Waals surface area contributed by atoms with E-state index < -0.39 is 22.8 Å². The molecule has 142 valence electrons. The number of aromatic nitrogens is 1. The van der Waals surface area contributed by atoms with Gasteiger partial charge in [0.1, 0.15) is 11.8 Å². The average Bonchev–Trinajstić information content (AvgIpc) is 2.65. The van der Waals surface area contributed by atoms with Crippen LogP contribution >= 0.6 is 0 Å². The largest absolute Gasteiger partial charge is 0.494 e. The molecule has 0 aliphatic rings. The van der Waals surface area contributed by atoms with Crippen LogP contribution in [-0.2, 0) is 16.1 Å². The minimum Gasteiger partial charge on any atom is -0.494 e. The van der Waals surface area contributed by atoms with Crippen LogP contribution in [0.15, 0.2) is 42.6 Å². The summed E-state index contributed by atoms with van der Waals surface area (Å²) in [6, 6.07) is 7.82. The molecule has 0 aliphatic heterocycles. The van der Waals surface area contributed by atoms with Gasteiger partial charge in [0, 0.05) is 18.8 Å². The Labute approximate surface area is 154 Å². The highest BCUT2D eigenvalue weighted by Gasteiger charge is 2.22. The van der Waals surface area contributed by atoms with Gasteiger partial charge in [0.05, 0.1) is 35.9 Å². The van der Waals surface area contributed by atoms with E-state index in [2.05, 4.69) is 15.6 Å². The molecule has 0 saturated heterocycles. The monoisotopic (exact) mass is 374 g/mol. The molecule has 10 heteroatoms. The minimum absolute atomic E-state index is 0.103. The Morgan fingerprint density at radius 1 is 1.33 bits per heavy atom. The molecule has 1 heterocycles. The first-order valence-electron chi connectivity index (χ1n) is 7.89. The summed E-state index contributed by atoms with van der Waals surface area (Å²) in [5, 5.41) is 25.4. The molecule has 1 unspecified atom stereocenters. The van der Waals surface area contributed by atoms with Crippen LogP contribution in [0.3, 0.4) is 0 Å². The van der Waals surface area contributed by atoms with Crippen LogP contribution in [0.5, 0.6) is 5.75 Å². The van der Waals surface area contributed by atoms with Gasteiger partial charge in [-0.15, -0.1) is 0 Å². The lowest BCUT2D eigenvalue weighted by Crippen LogP contribution is -2.39. The number of carbonyl (C=O) groups excluding carboxylic acids is 1. The first kappa shape index (κ1) is 19.8. The van der Waals surface area contributed by atoms with Gasteiger partial charge in [-0.2, -0.15) is 0 Å². The van der Waals surface area contributed by atoms with Crippen LogP contribution < -0.4 is 15.4 Å². The van der Waals surface area contributed by atoms with Gasteiger partial charge >= 0.3 is 5.97 Å². The molecule has 10 nitrogen and oxygen atoms in total. The number of amides is 1. The van der Waals surface area contributed by atoms with Gasteiger partial charge in [-0.1, -0.05) is 6.07 Å². The second-order valence-electron chi connectivity index (χ2n) is 5.49. The molecular weight excluding hydrogens is 356 g/mol. The molecule has 0 bridgehead atoms. The van der Waals surface area contributed by atoms with Gasteiger partial charge in [-0.05, 0) is 18.2 Å². The summed E-state index contributed by atoms with van der Waals surface area (Å²) < 4.78 is 5.04. The zero-order chi connectivity index (χ0) is 19.8. The fourth-order valence-electron chi connectivity index (χ4n) is 2.26. The van der Waals surface area contributed by atoms with Crippen LogP contribution in [0, 0.1) is 10.1 Å². The van der Waals surface area contributed by atoms with Gasteiger partial charge < -0.3 is 15.2 Å². The first-order valence-corrected chi connectivity index (χ1v) is 7.89. The summed E-state index contributed by atoms with van der Waals surface area (Å²) >= 11 is 0. The van der Waals surface area contributed by atoms with Crippen LogP contribution in [0.4, 0.5) is 11.4 Å². The number of ether oxygens (including phenoxy) is 1. The van der Waals surface area contributed by atoms with Crippen molar-refractivity contribution in [3.63, 3.8) is 0 Å². The number of pyridine rings is 1. The number of nitro groups is 1. The van der Waals surface area contributed by atoms with E-state index in [0.29, 0.717) is 5.69 Å². The van der Waals surface area contributed by atoms with Gasteiger partial charge in [-0.25, -0.2) is 0 Å². The molecule has 1 atom stereocenters. The van der Waals surface area contributed by atoms with Crippen molar-refractivity contribution in [2.75, 3.05) is 12.4 Å². The Morgan fingerprint density at radius 3 is 2.70 bits per heavy atom. The van der Waals surface area contributed by atoms with Crippen molar-refractivity contribution >= 4 is 23.3 Å². The number of non-ortho nitro benzene ring substituents is 1. The molecule has 3 N–H and O–H groups in total. The van der Waals surface area contributed by atoms with E-state index in [0.717, 1.165) is 0 Å². The molecule has 27 heavy (non-hydrogen) atoms. The highest BCUT2D eigenvalue weighted by Crippen LogP contribution is 2.29. The van der Waals surface area contributed by atoms with Crippen molar-refractivity contribution in [2.24, 2.45) is 0 Å². The van der Waals surface area contributed by atoms with Crippen LogP contribution in [0.25, 0.3) is 0 Å². The summed E-state index contributed by atoms with van der Waals surface area (Å²) in [5.41, 5.74) is 0.661. The maximum Gasteiger partial charge on any atom is 0.321 e. The molecule has 2 aromatic rings. The number of aliphatic carboxylic acids is 1. The predicted molar refractivity (Wildman–Crippen MR) is 95.4 cm³/mol. The lowest BCUT2D eigenvalue weighted by molar-refractivity contribution is -0.384. The number of anilines is 1. The number of hydrogen-bond acceptors (Lipinski definition) is 7. The van der Waals surface area contributed by atoms with Crippen molar-refractivity contribution < 1.29 is 24.4 Å². The second kappa shape index (κ2) is 9.25. The quantitative estimate of drug-likeness (QED) is 0.443. The van der Waals surface area contributed by atoms with Crippen LogP contribution in [-0.4, -0.2) is 40.0 Å². The van der Waals surface area contributed by atoms with E-state index >= 15 is 0 Å². The summed E-state index contributed by atoms with van der Waals surface area (Å²) in [6.45, 7) is 0.186. The maximum atomic E-state index is 12.2. The Morgan fingerprint density at radius 2 is 2.11 bits per heavy atom. The van der Waals surface area contributed by atoms with Gasteiger partial charge in [0.2, 0.25) is 5.91 Å². The fraction of sp³-hybridized carbons (Fsp3) is 0.235. The van der Waals surface area contributed by atoms with Gasteiger partial charge in [0.15, 0.2) is 0 Å². The van der Waals surface area contributed by atoms with Crippen molar-refractivity contribution in [2.45, 2.75) is 19.0 Å². The Balaban J connectivity index is 2.01. The number of nitrogens with one attached hydrogen (secondary N) is 2. The maximum absolute atomic E-state index is 12.2. The van der Waals surface area contributed by atoms with E-state index in [1.165, 1.54) is 25.3 Å². The Kier molecular flexibility index (Phi) is 6.78. The number of rotatable bonds is 9. The Hall–Kier alpha value is -3.53. The van der Waals surface area contributed by atoms with E-state index in [-0.39, 0.29) is 30.1 Å². The van der Waals surface area contributed by atoms with E-state index in [9.17, 15) is 24.8 Å². The smallest absolute Gasteiger partial charge is 0.321 e. The normalized spacial score (nSPS) is 11.4. The number of carbonyl (C=O) groups is 2. The zero-order valence-corrected chi connectivity index (χ0v) is 14.4. The number of carboxylic acids is 1. The van der Waals surface area contributed by atoms with E-state index in [4.69, 9.17) is 4.74 Å². The third-order valence-corrected chi connectivity index (χ3v) is 3.61. The van der Waals surface area contributed by atoms with Crippen molar-refractivity contribution in [3.05, 3.63) is 58.4 Å². The lowest BCUT2D eigenvalue weighted by Gasteiger charge is -2.15. The Bertz CT molecular complexity index is 827. The SMILES string of the molecule is COc1cc([N+](=O)[O-])ccc1NC(=O)CC(NCc1ccccn1)C(=O)O. The fourth-order valence-corrected chi connectivity index (χ4v) is 2.26. The molecule has 0 fully saturated rings. The highest BCUT2D eigenvalue weighted by molar-refractivity contribution is 5.95. The number of benzene rings is 1. The summed E-state index contributed by atoms with van der Waals surface area (Å²) in [5.74, 6) is -1.66. The summed E-state index contributed by atoms with van der Waals surface area (Å²) in [6.07, 6.45) is 1.24. The average molecular weight is 374 g/mol. The number of nitro benzene ring substituents is 1. The molecular formula is C17H18N4O6. The molecule has 0 aliphatic carbocycles. The third kappa shape index (κ3) is 5.75. The van der Waals surface area contributed by atoms with Gasteiger partial charge in [-0.3, -0.25) is 30.0 Å². The molecule has 0 radical (unpaired) electrons. The number of carboxylic acid groups (broad SMARTS) is 1. The van der Waals surface area contributed by atoms with Crippen LogP contribution in [0.1, 0.15) is 12.1 Å². The topological polar surface area (TPSA) is 144 Å². The zero-order valence-electron chi connectivity index (χ0n) is 14.4. The minimum atomic E-state index is -1.18. The van der Waals surface area contributed by atoms with Crippen molar-refractivity contribution in [3.8, 4) is 5.75 Å². The number of hydrogen-bond donors (Lipinski definition) is 3. The van der Waals surface area contributed by atoms with Gasteiger partial charge in [0.25, 0.3) is 5.69 Å². The molecule has 1 aromatic carbocycles. The number of methoxy groups -OCH3 is 1. The standard InChI is InChI=1S/C17H18N4O6/c1-27-15-8-12(21(25)26)5-6-13(15)20-16(22)9-14(17(23)24)19-10-11-4-2-3-7-18-11/h2-8,14,19H,9-10H2,1H3,(H,20,22)(H,23,24). The lowest BCUT2D eigenvalue weighted by atomic mass is 10.1. The molecule has 0 saturated carbocycles. The van der Waals surface area contributed by atoms with E-state index in [1.54, 1.807) is 24.4 Å². The molecule has 2 rings (SSSR count). The first-order chi connectivity index (χ1) is 12.9.